The molecule has 2 rings (SSSR count). The van der Waals surface area contributed by atoms with E-state index in [1.165, 1.54) is 0 Å². The van der Waals surface area contributed by atoms with E-state index in [0.717, 1.165) is 12.8 Å². The highest BCUT2D eigenvalue weighted by Crippen LogP contribution is 2.44. The first-order valence-corrected chi connectivity index (χ1v) is 6.14. The predicted octanol–water partition coefficient (Wildman–Crippen LogP) is 2.16. The summed E-state index contributed by atoms with van der Waals surface area (Å²) in [5, 5.41) is 10.5. The summed E-state index contributed by atoms with van der Waals surface area (Å²) in [6, 6.07) is 5.48. The van der Waals surface area contributed by atoms with Crippen molar-refractivity contribution in [3.63, 3.8) is 0 Å². The third-order valence-corrected chi connectivity index (χ3v) is 3.43. The molecule has 1 fully saturated rings. The average molecular weight is 252 g/mol. The van der Waals surface area contributed by atoms with E-state index in [0.29, 0.717) is 23.0 Å². The zero-order valence-corrected chi connectivity index (χ0v) is 11.1. The molecule has 0 bridgehead atoms. The average Bonchev–Trinajstić information content (AvgIpc) is 3.22. The monoisotopic (exact) mass is 252 g/mol. The highest BCUT2D eigenvalue weighted by molar-refractivity contribution is 5.46. The summed E-state index contributed by atoms with van der Waals surface area (Å²) in [6.45, 7) is 0. The highest BCUT2D eigenvalue weighted by Gasteiger charge is 2.38. The number of rotatable bonds is 6. The molecule has 2 unspecified atom stereocenters. The van der Waals surface area contributed by atoms with Gasteiger partial charge in [-0.3, -0.25) is 0 Å². The van der Waals surface area contributed by atoms with Crippen LogP contribution in [0.4, 0.5) is 0 Å². The summed E-state index contributed by atoms with van der Waals surface area (Å²) in [7, 11) is 4.81. The molecule has 0 heterocycles. The summed E-state index contributed by atoms with van der Waals surface area (Å²) in [5.41, 5.74) is 0.668. The van der Waals surface area contributed by atoms with Gasteiger partial charge in [-0.2, -0.15) is 0 Å². The molecule has 0 spiro atoms. The summed E-state index contributed by atoms with van der Waals surface area (Å²) < 4.78 is 16.0. The highest BCUT2D eigenvalue weighted by atomic mass is 16.5. The number of aliphatic hydroxyl groups excluding tert-OH is 1. The molecule has 0 saturated heterocycles. The van der Waals surface area contributed by atoms with Gasteiger partial charge in [-0.05, 0) is 30.9 Å². The van der Waals surface area contributed by atoms with E-state index in [1.807, 2.05) is 18.2 Å². The van der Waals surface area contributed by atoms with Crippen LogP contribution in [0.15, 0.2) is 18.2 Å². The number of methoxy groups -OCH3 is 3. The quantitative estimate of drug-likeness (QED) is 0.843. The number of aliphatic hydroxyl groups is 1. The second-order valence-electron chi connectivity index (χ2n) is 4.56. The molecule has 1 aromatic rings. The maximum Gasteiger partial charge on any atom is 0.128 e. The molecule has 0 radical (unpaired) electrons. The van der Waals surface area contributed by atoms with E-state index in [1.54, 1.807) is 21.3 Å². The molecule has 0 aliphatic heterocycles. The van der Waals surface area contributed by atoms with Crippen molar-refractivity contribution in [2.75, 3.05) is 21.3 Å². The maximum atomic E-state index is 10.5. The number of hydrogen-bond donors (Lipinski definition) is 1. The maximum absolute atomic E-state index is 10.5. The zero-order chi connectivity index (χ0) is 13.1. The molecule has 4 heteroatoms. The van der Waals surface area contributed by atoms with E-state index in [-0.39, 0.29) is 6.10 Å². The SMILES string of the molecule is COc1cccc(OC)c1C(O)C(OC)C1CC1. The Hall–Kier alpha value is -1.26. The van der Waals surface area contributed by atoms with Crippen LogP contribution in [0.5, 0.6) is 11.5 Å². The largest absolute Gasteiger partial charge is 0.496 e. The molecule has 1 aliphatic carbocycles. The summed E-state index contributed by atoms with van der Waals surface area (Å²) in [6.07, 6.45) is 1.28. The van der Waals surface area contributed by atoms with Crippen LogP contribution in [0, 0.1) is 5.92 Å². The fourth-order valence-corrected chi connectivity index (χ4v) is 2.34. The Labute approximate surface area is 107 Å². The van der Waals surface area contributed by atoms with Crippen molar-refractivity contribution in [3.8, 4) is 11.5 Å². The third kappa shape index (κ3) is 2.44. The minimum absolute atomic E-state index is 0.199. The van der Waals surface area contributed by atoms with Gasteiger partial charge in [-0.15, -0.1) is 0 Å². The molecule has 1 aliphatic rings. The van der Waals surface area contributed by atoms with Gasteiger partial charge < -0.3 is 19.3 Å². The van der Waals surface area contributed by atoms with Crippen LogP contribution in [0.3, 0.4) is 0 Å². The van der Waals surface area contributed by atoms with Crippen molar-refractivity contribution in [3.05, 3.63) is 23.8 Å². The van der Waals surface area contributed by atoms with E-state index < -0.39 is 6.10 Å². The first kappa shape index (κ1) is 13.2. The van der Waals surface area contributed by atoms with E-state index in [2.05, 4.69) is 0 Å². The van der Waals surface area contributed by atoms with Crippen LogP contribution >= 0.6 is 0 Å². The molecule has 4 nitrogen and oxygen atoms in total. The standard InChI is InChI=1S/C14H20O4/c1-16-10-5-4-6-11(17-2)12(10)13(15)14(18-3)9-7-8-9/h4-6,9,13-15H,7-8H2,1-3H3. The van der Waals surface area contributed by atoms with Crippen molar-refractivity contribution in [1.82, 2.24) is 0 Å². The van der Waals surface area contributed by atoms with Crippen LogP contribution in [-0.4, -0.2) is 32.5 Å². The number of ether oxygens (including phenoxy) is 3. The zero-order valence-electron chi connectivity index (χ0n) is 11.1. The van der Waals surface area contributed by atoms with E-state index >= 15 is 0 Å². The van der Waals surface area contributed by atoms with Gasteiger partial charge in [0.2, 0.25) is 0 Å². The van der Waals surface area contributed by atoms with Gasteiger partial charge >= 0.3 is 0 Å². The Morgan fingerprint density at radius 3 is 2.06 bits per heavy atom. The van der Waals surface area contributed by atoms with Crippen LogP contribution in [-0.2, 0) is 4.74 Å². The van der Waals surface area contributed by atoms with Crippen LogP contribution < -0.4 is 9.47 Å². The molecule has 18 heavy (non-hydrogen) atoms. The van der Waals surface area contributed by atoms with Gasteiger partial charge in [-0.1, -0.05) is 6.07 Å². The molecule has 100 valence electrons. The Bertz CT molecular complexity index is 379. The van der Waals surface area contributed by atoms with Crippen molar-refractivity contribution in [1.29, 1.82) is 0 Å². The molecule has 0 amide bonds. The van der Waals surface area contributed by atoms with Gasteiger partial charge in [0.1, 0.15) is 17.6 Å². The predicted molar refractivity (Wildman–Crippen MR) is 68.0 cm³/mol. The van der Waals surface area contributed by atoms with Crippen molar-refractivity contribution >= 4 is 0 Å². The van der Waals surface area contributed by atoms with Crippen molar-refractivity contribution < 1.29 is 19.3 Å². The molecule has 1 saturated carbocycles. The van der Waals surface area contributed by atoms with Gasteiger partial charge in [-0.25, -0.2) is 0 Å². The second kappa shape index (κ2) is 5.59. The van der Waals surface area contributed by atoms with Crippen molar-refractivity contribution in [2.45, 2.75) is 25.0 Å². The van der Waals surface area contributed by atoms with E-state index in [4.69, 9.17) is 14.2 Å². The van der Waals surface area contributed by atoms with Crippen LogP contribution in [0.1, 0.15) is 24.5 Å². The molecular weight excluding hydrogens is 232 g/mol. The lowest BCUT2D eigenvalue weighted by molar-refractivity contribution is -0.0277. The van der Waals surface area contributed by atoms with Crippen LogP contribution in [0.2, 0.25) is 0 Å². The van der Waals surface area contributed by atoms with Gasteiger partial charge in [0.05, 0.1) is 25.9 Å². The Kier molecular flexibility index (Phi) is 4.09. The lowest BCUT2D eigenvalue weighted by Gasteiger charge is -2.24. The lowest BCUT2D eigenvalue weighted by Crippen LogP contribution is -2.24. The smallest absolute Gasteiger partial charge is 0.128 e. The molecule has 0 aromatic heterocycles. The molecule has 2 atom stereocenters. The first-order chi connectivity index (χ1) is 8.72. The molecule has 1 aromatic carbocycles. The fraction of sp³-hybridized carbons (Fsp3) is 0.571. The summed E-state index contributed by atoms with van der Waals surface area (Å²) >= 11 is 0. The van der Waals surface area contributed by atoms with Gasteiger partial charge in [0.25, 0.3) is 0 Å². The Morgan fingerprint density at radius 1 is 1.11 bits per heavy atom. The first-order valence-electron chi connectivity index (χ1n) is 6.14. The molecular formula is C14H20O4. The summed E-state index contributed by atoms with van der Waals surface area (Å²) in [5.74, 6) is 1.69. The minimum Gasteiger partial charge on any atom is -0.496 e. The topological polar surface area (TPSA) is 47.9 Å². The normalized spacial score (nSPS) is 18.2. The molecule has 1 N–H and O–H groups in total. The number of benzene rings is 1. The minimum atomic E-state index is -0.728. The summed E-state index contributed by atoms with van der Waals surface area (Å²) in [4.78, 5) is 0. The Morgan fingerprint density at radius 2 is 1.67 bits per heavy atom. The number of hydrogen-bond acceptors (Lipinski definition) is 4. The second-order valence-corrected chi connectivity index (χ2v) is 4.56. The van der Waals surface area contributed by atoms with Gasteiger partial charge in [0, 0.05) is 7.11 Å². The van der Waals surface area contributed by atoms with Gasteiger partial charge in [0.15, 0.2) is 0 Å². The lowest BCUT2D eigenvalue weighted by atomic mass is 9.99. The van der Waals surface area contributed by atoms with Crippen LogP contribution in [0.25, 0.3) is 0 Å². The third-order valence-electron chi connectivity index (χ3n) is 3.43. The Balaban J connectivity index is 2.34. The van der Waals surface area contributed by atoms with Crippen molar-refractivity contribution in [2.24, 2.45) is 5.92 Å². The van der Waals surface area contributed by atoms with E-state index in [9.17, 15) is 5.11 Å². The fourth-order valence-electron chi connectivity index (χ4n) is 2.34.